The van der Waals surface area contributed by atoms with Crippen molar-refractivity contribution < 1.29 is 32.5 Å². The van der Waals surface area contributed by atoms with Crippen molar-refractivity contribution in [3.05, 3.63) is 48.2 Å². The predicted octanol–water partition coefficient (Wildman–Crippen LogP) is 2.92. The van der Waals surface area contributed by atoms with E-state index in [1.54, 1.807) is 24.3 Å². The van der Waals surface area contributed by atoms with Crippen LogP contribution in [0.5, 0.6) is 17.2 Å². The van der Waals surface area contributed by atoms with Gasteiger partial charge in [-0.2, -0.15) is 0 Å². The third-order valence-electron chi connectivity index (χ3n) is 4.58. The maximum atomic E-state index is 13.3. The van der Waals surface area contributed by atoms with Crippen LogP contribution >= 0.6 is 0 Å². The van der Waals surface area contributed by atoms with Gasteiger partial charge in [-0.3, -0.25) is 4.79 Å². The van der Waals surface area contributed by atoms with Gasteiger partial charge in [-0.25, -0.2) is 12.4 Å². The van der Waals surface area contributed by atoms with E-state index in [9.17, 15) is 13.2 Å². The van der Waals surface area contributed by atoms with Gasteiger partial charge < -0.3 is 19.3 Å². The summed E-state index contributed by atoms with van der Waals surface area (Å²) in [6.45, 7) is 0. The molecule has 0 amide bonds. The molecule has 0 aliphatic carbocycles. The number of carbonyl (C=O) groups is 1. The second kappa shape index (κ2) is 8.04. The van der Waals surface area contributed by atoms with Crippen molar-refractivity contribution in [2.45, 2.75) is 17.7 Å². The highest BCUT2D eigenvalue weighted by atomic mass is 32.2. The summed E-state index contributed by atoms with van der Waals surface area (Å²) >= 11 is 0. The van der Waals surface area contributed by atoms with E-state index < -0.39 is 16.0 Å². The molecule has 0 saturated carbocycles. The molecule has 0 unspecified atom stereocenters. The Hall–Kier alpha value is -3.20. The van der Waals surface area contributed by atoms with E-state index in [1.165, 1.54) is 39.7 Å². The van der Waals surface area contributed by atoms with Crippen LogP contribution in [0.3, 0.4) is 0 Å². The minimum absolute atomic E-state index is 0.0785. The highest BCUT2D eigenvalue weighted by molar-refractivity contribution is 7.90. The smallest absolute Gasteiger partial charge is 0.303 e. The molecule has 154 valence electrons. The number of carboxylic acid groups (broad SMARTS) is 1. The van der Waals surface area contributed by atoms with Gasteiger partial charge >= 0.3 is 5.97 Å². The fourth-order valence-corrected chi connectivity index (χ4v) is 4.47. The third-order valence-corrected chi connectivity index (χ3v) is 6.27. The molecule has 29 heavy (non-hydrogen) atoms. The summed E-state index contributed by atoms with van der Waals surface area (Å²) in [5.41, 5.74) is 0.958. The molecular weight excluding hydrogens is 398 g/mol. The number of ether oxygens (including phenoxy) is 3. The van der Waals surface area contributed by atoms with Crippen molar-refractivity contribution in [1.29, 1.82) is 0 Å². The van der Waals surface area contributed by atoms with Crippen LogP contribution in [0, 0.1) is 0 Å². The molecular formula is C20H21NO7S. The highest BCUT2D eigenvalue weighted by Crippen LogP contribution is 2.36. The largest absolute Gasteiger partial charge is 0.497 e. The quantitative estimate of drug-likeness (QED) is 0.599. The number of aryl methyl sites for hydroxylation is 1. The molecule has 1 N–H and O–H groups in total. The molecule has 1 heterocycles. The molecule has 3 aromatic rings. The van der Waals surface area contributed by atoms with Gasteiger partial charge in [0.2, 0.25) is 0 Å². The van der Waals surface area contributed by atoms with Crippen LogP contribution in [0.1, 0.15) is 12.0 Å². The number of carboxylic acids is 1. The van der Waals surface area contributed by atoms with Crippen LogP contribution < -0.4 is 14.2 Å². The molecule has 0 fully saturated rings. The van der Waals surface area contributed by atoms with Crippen LogP contribution in [0.4, 0.5) is 0 Å². The molecule has 0 bridgehead atoms. The Labute approximate surface area is 168 Å². The fourth-order valence-electron chi connectivity index (χ4n) is 3.09. The fraction of sp³-hybridized carbons (Fsp3) is 0.250. The van der Waals surface area contributed by atoms with Crippen LogP contribution in [0.25, 0.3) is 10.9 Å². The lowest BCUT2D eigenvalue weighted by Gasteiger charge is -2.11. The number of nitrogens with zero attached hydrogens (tertiary/aromatic N) is 1. The third kappa shape index (κ3) is 3.86. The zero-order valence-corrected chi connectivity index (χ0v) is 17.0. The molecule has 0 radical (unpaired) electrons. The van der Waals surface area contributed by atoms with Gasteiger partial charge in [0.15, 0.2) is 11.5 Å². The first-order chi connectivity index (χ1) is 13.8. The van der Waals surface area contributed by atoms with Crippen molar-refractivity contribution in [2.75, 3.05) is 21.3 Å². The van der Waals surface area contributed by atoms with E-state index in [0.29, 0.717) is 33.7 Å². The van der Waals surface area contributed by atoms with Gasteiger partial charge in [0.05, 0.1) is 31.7 Å². The molecule has 0 aliphatic rings. The molecule has 9 heteroatoms. The summed E-state index contributed by atoms with van der Waals surface area (Å²) in [4.78, 5) is 11.1. The van der Waals surface area contributed by atoms with Crippen LogP contribution in [-0.2, 0) is 21.2 Å². The Morgan fingerprint density at radius 1 is 1.00 bits per heavy atom. The molecule has 3 rings (SSSR count). The lowest BCUT2D eigenvalue weighted by Crippen LogP contribution is -2.12. The van der Waals surface area contributed by atoms with Crippen molar-refractivity contribution in [1.82, 2.24) is 3.97 Å². The van der Waals surface area contributed by atoms with E-state index >= 15 is 0 Å². The summed E-state index contributed by atoms with van der Waals surface area (Å²) < 4.78 is 43.4. The minimum atomic E-state index is -3.94. The number of aliphatic carboxylic acids is 1. The molecule has 0 spiro atoms. The van der Waals surface area contributed by atoms with Crippen molar-refractivity contribution >= 4 is 26.9 Å². The number of fused-ring (bicyclic) bond motifs is 1. The van der Waals surface area contributed by atoms with Gasteiger partial charge in [0.1, 0.15) is 5.75 Å². The maximum Gasteiger partial charge on any atom is 0.303 e. The number of hydrogen-bond acceptors (Lipinski definition) is 6. The second-order valence-electron chi connectivity index (χ2n) is 6.25. The normalized spacial score (nSPS) is 11.4. The van der Waals surface area contributed by atoms with Crippen LogP contribution in [0.15, 0.2) is 47.5 Å². The number of methoxy groups -OCH3 is 3. The molecule has 8 nitrogen and oxygen atoms in total. The average molecular weight is 419 g/mol. The summed E-state index contributed by atoms with van der Waals surface area (Å²) in [5.74, 6) is 0.365. The number of rotatable bonds is 8. The number of aromatic nitrogens is 1. The molecule has 1 aromatic heterocycles. The Balaban J connectivity index is 2.23. The Morgan fingerprint density at radius 2 is 1.62 bits per heavy atom. The number of hydrogen-bond donors (Lipinski definition) is 1. The first-order valence-corrected chi connectivity index (χ1v) is 10.1. The topological polar surface area (TPSA) is 104 Å². The maximum absolute atomic E-state index is 13.3. The monoisotopic (exact) mass is 419 g/mol. The average Bonchev–Trinajstić information content (AvgIpc) is 3.09. The van der Waals surface area contributed by atoms with E-state index in [2.05, 4.69) is 0 Å². The van der Waals surface area contributed by atoms with Crippen molar-refractivity contribution in [3.63, 3.8) is 0 Å². The first-order valence-electron chi connectivity index (χ1n) is 8.69. The van der Waals surface area contributed by atoms with Crippen LogP contribution in [-0.4, -0.2) is 44.8 Å². The van der Waals surface area contributed by atoms with Gasteiger partial charge in [-0.15, -0.1) is 0 Å². The zero-order valence-electron chi connectivity index (χ0n) is 16.2. The first kappa shape index (κ1) is 20.5. The second-order valence-corrected chi connectivity index (χ2v) is 8.06. The molecule has 0 atom stereocenters. The SMILES string of the molecule is COc1ccc(S(=O)(=O)n2cc(CCC(=O)O)c3cc(OC)c(OC)cc32)cc1. The van der Waals surface area contributed by atoms with E-state index in [4.69, 9.17) is 19.3 Å². The van der Waals surface area contributed by atoms with E-state index in [0.717, 1.165) is 3.97 Å². The lowest BCUT2D eigenvalue weighted by atomic mass is 10.1. The number of benzene rings is 2. The molecule has 2 aromatic carbocycles. The van der Waals surface area contributed by atoms with E-state index in [-0.39, 0.29) is 17.7 Å². The van der Waals surface area contributed by atoms with Crippen molar-refractivity contribution in [2.24, 2.45) is 0 Å². The van der Waals surface area contributed by atoms with Gasteiger partial charge in [0.25, 0.3) is 10.0 Å². The summed E-state index contributed by atoms with van der Waals surface area (Å²) in [7, 11) is 0.498. The summed E-state index contributed by atoms with van der Waals surface area (Å²) in [6.07, 6.45) is 1.49. The standard InChI is InChI=1S/C20H21NO7S/c1-26-14-5-7-15(8-6-14)29(24,25)21-12-13(4-9-20(22)23)16-10-18(27-2)19(28-3)11-17(16)21/h5-8,10-12H,4,9H2,1-3H3,(H,22,23). The zero-order chi connectivity index (χ0) is 21.2. The van der Waals surface area contributed by atoms with Crippen LogP contribution in [0.2, 0.25) is 0 Å². The summed E-state index contributed by atoms with van der Waals surface area (Å²) in [5, 5.41) is 9.63. The summed E-state index contributed by atoms with van der Waals surface area (Å²) in [6, 6.07) is 9.27. The Bertz CT molecular complexity index is 1150. The Kier molecular flexibility index (Phi) is 5.69. The lowest BCUT2D eigenvalue weighted by molar-refractivity contribution is -0.136. The van der Waals surface area contributed by atoms with Gasteiger partial charge in [-0.05, 0) is 42.3 Å². The van der Waals surface area contributed by atoms with Gasteiger partial charge in [-0.1, -0.05) is 0 Å². The van der Waals surface area contributed by atoms with Crippen molar-refractivity contribution in [3.8, 4) is 17.2 Å². The minimum Gasteiger partial charge on any atom is -0.497 e. The van der Waals surface area contributed by atoms with Gasteiger partial charge in [0, 0.05) is 24.1 Å². The molecule has 0 saturated heterocycles. The highest BCUT2D eigenvalue weighted by Gasteiger charge is 2.23. The van der Waals surface area contributed by atoms with E-state index in [1.807, 2.05) is 0 Å². The predicted molar refractivity (Wildman–Crippen MR) is 107 cm³/mol. The molecule has 0 aliphatic heterocycles. The Morgan fingerprint density at radius 3 is 2.17 bits per heavy atom.